The maximum Gasteiger partial charge on any atom is 0.258 e. The molecule has 0 aliphatic carbocycles. The van der Waals surface area contributed by atoms with Crippen molar-refractivity contribution >= 4 is 17.5 Å². The molecule has 2 N–H and O–H groups in total. The van der Waals surface area contributed by atoms with Crippen LogP contribution in [0.25, 0.3) is 0 Å². The lowest BCUT2D eigenvalue weighted by atomic mass is 10.2. The molecule has 1 aliphatic heterocycles. The second kappa shape index (κ2) is 8.47. The fraction of sp³-hybridized carbons (Fsp3) is 0.190. The number of nitrogens with one attached hydrogen (secondary N) is 2. The van der Waals surface area contributed by atoms with Gasteiger partial charge in [-0.25, -0.2) is 9.97 Å². The lowest BCUT2D eigenvalue weighted by Crippen LogP contribution is -2.14. The van der Waals surface area contributed by atoms with E-state index >= 15 is 0 Å². The van der Waals surface area contributed by atoms with E-state index < -0.39 is 0 Å². The molecule has 0 unspecified atom stereocenters. The molecule has 0 saturated carbocycles. The van der Waals surface area contributed by atoms with E-state index in [1.54, 1.807) is 12.1 Å². The van der Waals surface area contributed by atoms with Gasteiger partial charge in [0, 0.05) is 18.9 Å². The summed E-state index contributed by atoms with van der Waals surface area (Å²) in [5.41, 5.74) is 1.96. The third-order valence-electron chi connectivity index (χ3n) is 4.24. The van der Waals surface area contributed by atoms with Gasteiger partial charge in [0.25, 0.3) is 5.91 Å². The van der Waals surface area contributed by atoms with Gasteiger partial charge >= 0.3 is 0 Å². The van der Waals surface area contributed by atoms with Crippen molar-refractivity contribution in [3.05, 3.63) is 66.0 Å². The smallest absolute Gasteiger partial charge is 0.258 e. The first kappa shape index (κ1) is 18.5. The summed E-state index contributed by atoms with van der Waals surface area (Å²) in [5.74, 6) is 2.20. The zero-order chi connectivity index (χ0) is 20.1. The van der Waals surface area contributed by atoms with Gasteiger partial charge in [-0.05, 0) is 36.8 Å². The van der Waals surface area contributed by atoms with Crippen LogP contribution in [-0.2, 0) is 6.54 Å². The van der Waals surface area contributed by atoms with Crippen LogP contribution < -0.4 is 24.8 Å². The van der Waals surface area contributed by atoms with E-state index in [0.717, 1.165) is 17.1 Å². The minimum atomic E-state index is -0.306. The molecule has 1 aromatic heterocycles. The minimum absolute atomic E-state index is 0.244. The highest BCUT2D eigenvalue weighted by Gasteiger charge is 2.14. The number of benzene rings is 2. The minimum Gasteiger partial charge on any atom is -0.492 e. The summed E-state index contributed by atoms with van der Waals surface area (Å²) in [5, 5.41) is 5.95. The van der Waals surface area contributed by atoms with Crippen molar-refractivity contribution in [2.45, 2.75) is 13.5 Å². The molecular weight excluding hydrogens is 372 g/mol. The van der Waals surface area contributed by atoms with Gasteiger partial charge in [0.2, 0.25) is 12.7 Å². The third kappa shape index (κ3) is 4.37. The first-order valence-corrected chi connectivity index (χ1v) is 9.20. The molecule has 8 nitrogen and oxygen atoms in total. The molecule has 0 spiro atoms. The van der Waals surface area contributed by atoms with Crippen LogP contribution in [0.15, 0.2) is 54.9 Å². The van der Waals surface area contributed by atoms with Gasteiger partial charge in [-0.2, -0.15) is 0 Å². The molecule has 0 bridgehead atoms. The summed E-state index contributed by atoms with van der Waals surface area (Å²) in [6.45, 7) is 3.17. The number of rotatable bonds is 7. The Bertz CT molecular complexity index is 1010. The highest BCUT2D eigenvalue weighted by Crippen LogP contribution is 2.32. The van der Waals surface area contributed by atoms with Gasteiger partial charge in [-0.1, -0.05) is 18.2 Å². The van der Waals surface area contributed by atoms with Gasteiger partial charge in [-0.15, -0.1) is 0 Å². The Kier molecular flexibility index (Phi) is 5.42. The lowest BCUT2D eigenvalue weighted by Gasteiger charge is -2.11. The third-order valence-corrected chi connectivity index (χ3v) is 4.24. The Hall–Kier alpha value is -3.81. The molecular formula is C21H20N4O4. The Morgan fingerprint density at radius 3 is 2.72 bits per heavy atom. The maximum atomic E-state index is 12.5. The van der Waals surface area contributed by atoms with Crippen LogP contribution in [0.5, 0.6) is 17.2 Å². The number of nitrogens with zero attached hydrogens (tertiary/aromatic N) is 2. The van der Waals surface area contributed by atoms with E-state index in [-0.39, 0.29) is 12.7 Å². The number of carbonyl (C=O) groups excluding carboxylic acids is 1. The van der Waals surface area contributed by atoms with E-state index in [0.29, 0.717) is 36.1 Å². The number of hydrogen-bond acceptors (Lipinski definition) is 7. The van der Waals surface area contributed by atoms with Gasteiger partial charge in [0.1, 0.15) is 5.75 Å². The van der Waals surface area contributed by atoms with E-state index in [9.17, 15) is 4.79 Å². The van der Waals surface area contributed by atoms with Crippen LogP contribution in [0.3, 0.4) is 0 Å². The number of ether oxygens (including phenoxy) is 3. The first-order valence-electron chi connectivity index (χ1n) is 9.20. The number of amides is 1. The van der Waals surface area contributed by atoms with E-state index in [4.69, 9.17) is 14.2 Å². The predicted molar refractivity (Wildman–Crippen MR) is 107 cm³/mol. The molecule has 2 aromatic carbocycles. The van der Waals surface area contributed by atoms with Gasteiger partial charge in [0.15, 0.2) is 11.5 Å². The van der Waals surface area contributed by atoms with Crippen LogP contribution in [0, 0.1) is 0 Å². The topological polar surface area (TPSA) is 94.6 Å². The number of anilines is 2. The molecule has 1 aliphatic rings. The summed E-state index contributed by atoms with van der Waals surface area (Å²) < 4.78 is 16.2. The molecule has 29 heavy (non-hydrogen) atoms. The summed E-state index contributed by atoms with van der Waals surface area (Å²) >= 11 is 0. The van der Waals surface area contributed by atoms with Crippen molar-refractivity contribution in [3.63, 3.8) is 0 Å². The zero-order valence-electron chi connectivity index (χ0n) is 15.8. The average Bonchev–Trinajstić information content (AvgIpc) is 3.22. The molecule has 4 rings (SSSR count). The van der Waals surface area contributed by atoms with Crippen LogP contribution in [0.1, 0.15) is 22.8 Å². The lowest BCUT2D eigenvalue weighted by molar-refractivity contribution is 0.102. The normalized spacial score (nSPS) is 11.8. The molecule has 148 valence electrons. The van der Waals surface area contributed by atoms with Crippen molar-refractivity contribution in [1.29, 1.82) is 0 Å². The largest absolute Gasteiger partial charge is 0.492 e. The highest BCUT2D eigenvalue weighted by atomic mass is 16.7. The SMILES string of the molecule is CCOc1ccccc1NC(=O)c1cnc(NCc2ccc3c(c2)OCO3)nc1. The molecule has 0 fully saturated rings. The zero-order valence-corrected chi connectivity index (χ0v) is 15.8. The summed E-state index contributed by atoms with van der Waals surface area (Å²) in [6, 6.07) is 13.0. The van der Waals surface area contributed by atoms with Crippen molar-refractivity contribution in [3.8, 4) is 17.2 Å². The molecule has 2 heterocycles. The van der Waals surface area contributed by atoms with E-state index in [1.165, 1.54) is 12.4 Å². The van der Waals surface area contributed by atoms with E-state index in [2.05, 4.69) is 20.6 Å². The van der Waals surface area contributed by atoms with Gasteiger partial charge < -0.3 is 24.8 Å². The van der Waals surface area contributed by atoms with Crippen LogP contribution in [-0.4, -0.2) is 29.3 Å². The standard InChI is InChI=1S/C21H20N4O4/c1-2-27-17-6-4-3-5-16(17)25-20(26)15-11-23-21(24-12-15)22-10-14-7-8-18-19(9-14)29-13-28-18/h3-9,11-12H,2,10,13H2,1H3,(H,25,26)(H,22,23,24). The molecule has 0 saturated heterocycles. The molecule has 3 aromatic rings. The second-order valence-corrected chi connectivity index (χ2v) is 6.22. The number of carbonyl (C=O) groups is 1. The number of para-hydroxylation sites is 2. The molecule has 0 atom stereocenters. The van der Waals surface area contributed by atoms with Crippen LogP contribution in [0.4, 0.5) is 11.6 Å². The second-order valence-electron chi connectivity index (χ2n) is 6.22. The number of aromatic nitrogens is 2. The van der Waals surface area contributed by atoms with Crippen LogP contribution in [0.2, 0.25) is 0 Å². The first-order chi connectivity index (χ1) is 14.2. The summed E-state index contributed by atoms with van der Waals surface area (Å²) in [4.78, 5) is 20.9. The van der Waals surface area contributed by atoms with Crippen molar-refractivity contribution in [1.82, 2.24) is 9.97 Å². The Balaban J connectivity index is 1.37. The van der Waals surface area contributed by atoms with Crippen LogP contribution >= 0.6 is 0 Å². The Labute approximate surface area is 167 Å². The monoisotopic (exact) mass is 392 g/mol. The molecule has 8 heteroatoms. The summed E-state index contributed by atoms with van der Waals surface area (Å²) in [6.07, 6.45) is 2.96. The van der Waals surface area contributed by atoms with Crippen molar-refractivity contribution in [2.75, 3.05) is 24.0 Å². The van der Waals surface area contributed by atoms with E-state index in [1.807, 2.05) is 37.3 Å². The predicted octanol–water partition coefficient (Wildman–Crippen LogP) is 3.47. The molecule has 1 amide bonds. The number of hydrogen-bond donors (Lipinski definition) is 2. The Morgan fingerprint density at radius 2 is 1.90 bits per heavy atom. The maximum absolute atomic E-state index is 12.5. The highest BCUT2D eigenvalue weighted by molar-refractivity contribution is 6.04. The van der Waals surface area contributed by atoms with Crippen molar-refractivity contribution < 1.29 is 19.0 Å². The fourth-order valence-electron chi connectivity index (χ4n) is 2.81. The quantitative estimate of drug-likeness (QED) is 0.636. The van der Waals surface area contributed by atoms with Gasteiger partial charge in [-0.3, -0.25) is 4.79 Å². The fourth-order valence-corrected chi connectivity index (χ4v) is 2.81. The van der Waals surface area contributed by atoms with Crippen molar-refractivity contribution in [2.24, 2.45) is 0 Å². The Morgan fingerprint density at radius 1 is 1.10 bits per heavy atom. The summed E-state index contributed by atoms with van der Waals surface area (Å²) in [7, 11) is 0. The average molecular weight is 392 g/mol. The number of fused-ring (bicyclic) bond motifs is 1. The van der Waals surface area contributed by atoms with Gasteiger partial charge in [0.05, 0.1) is 17.9 Å². The molecule has 0 radical (unpaired) electrons.